The average Bonchev–Trinajstić information content (AvgIpc) is 3.09. The summed E-state index contributed by atoms with van der Waals surface area (Å²) in [6.07, 6.45) is 0. The summed E-state index contributed by atoms with van der Waals surface area (Å²) in [5, 5.41) is 1.30. The molecule has 0 aliphatic heterocycles. The highest BCUT2D eigenvalue weighted by atomic mass is 35.5. The Balaban J connectivity index is 2.00. The number of nitrogens with zero attached hydrogens (tertiary/aromatic N) is 3. The Hall–Kier alpha value is -1.95. The number of likely N-dealkylation sites (N-methyl/N-ethyl adjacent to an activating group) is 1. The van der Waals surface area contributed by atoms with Crippen LogP contribution in [0.25, 0.3) is 10.2 Å². The first kappa shape index (κ1) is 20.8. The molecule has 3 rings (SSSR count). The number of benzene rings is 2. The zero-order valence-electron chi connectivity index (χ0n) is 16.8. The van der Waals surface area contributed by atoms with Crippen LogP contribution in [-0.4, -0.2) is 42.0 Å². The third kappa shape index (κ3) is 4.54. The third-order valence-electron chi connectivity index (χ3n) is 4.90. The zero-order chi connectivity index (χ0) is 20.3. The summed E-state index contributed by atoms with van der Waals surface area (Å²) in [5.74, 6) is -0.0666. The highest BCUT2D eigenvalue weighted by Gasteiger charge is 2.22. The van der Waals surface area contributed by atoms with Crippen LogP contribution in [0.3, 0.4) is 0 Å². The van der Waals surface area contributed by atoms with Crippen molar-refractivity contribution >= 4 is 44.2 Å². The maximum atomic E-state index is 13.3. The molecule has 1 heterocycles. The van der Waals surface area contributed by atoms with Gasteiger partial charge in [0.05, 0.1) is 10.2 Å². The van der Waals surface area contributed by atoms with E-state index >= 15 is 0 Å². The minimum atomic E-state index is -0.0666. The number of rotatable bonds is 7. The molecule has 0 fully saturated rings. The van der Waals surface area contributed by atoms with Crippen molar-refractivity contribution in [3.63, 3.8) is 0 Å². The number of carbonyl (C=O) groups excluding carboxylic acids is 1. The van der Waals surface area contributed by atoms with Crippen LogP contribution in [0.1, 0.15) is 35.3 Å². The smallest absolute Gasteiger partial charge is 0.260 e. The second kappa shape index (κ2) is 9.03. The van der Waals surface area contributed by atoms with Crippen LogP contribution in [0.5, 0.6) is 0 Å². The molecule has 6 heteroatoms. The van der Waals surface area contributed by atoms with Gasteiger partial charge in [-0.15, -0.1) is 0 Å². The lowest BCUT2D eigenvalue weighted by Crippen LogP contribution is -2.38. The van der Waals surface area contributed by atoms with Crippen LogP contribution in [0.15, 0.2) is 36.4 Å². The molecule has 0 aliphatic carbocycles. The summed E-state index contributed by atoms with van der Waals surface area (Å²) in [4.78, 5) is 22.3. The zero-order valence-corrected chi connectivity index (χ0v) is 18.4. The van der Waals surface area contributed by atoms with Gasteiger partial charge in [-0.05, 0) is 62.3 Å². The first-order valence-electron chi connectivity index (χ1n) is 9.60. The number of hydrogen-bond acceptors (Lipinski definition) is 4. The van der Waals surface area contributed by atoms with E-state index in [4.69, 9.17) is 16.6 Å². The fraction of sp³-hybridized carbons (Fsp3) is 0.364. The maximum absolute atomic E-state index is 13.3. The molecule has 148 valence electrons. The van der Waals surface area contributed by atoms with Gasteiger partial charge < -0.3 is 4.90 Å². The summed E-state index contributed by atoms with van der Waals surface area (Å²) >= 11 is 7.69. The molecule has 4 nitrogen and oxygen atoms in total. The van der Waals surface area contributed by atoms with Crippen molar-refractivity contribution in [2.45, 2.75) is 27.7 Å². The molecule has 0 aliphatic rings. The Morgan fingerprint density at radius 3 is 2.54 bits per heavy atom. The van der Waals surface area contributed by atoms with E-state index in [1.165, 1.54) is 5.56 Å². The molecule has 1 amide bonds. The Morgan fingerprint density at radius 1 is 1.11 bits per heavy atom. The van der Waals surface area contributed by atoms with Gasteiger partial charge in [-0.25, -0.2) is 4.98 Å². The van der Waals surface area contributed by atoms with Gasteiger partial charge in [0, 0.05) is 23.7 Å². The van der Waals surface area contributed by atoms with Gasteiger partial charge in [0.1, 0.15) is 0 Å². The van der Waals surface area contributed by atoms with E-state index in [2.05, 4.69) is 44.7 Å². The molecule has 0 radical (unpaired) electrons. The fourth-order valence-corrected chi connectivity index (χ4v) is 4.67. The van der Waals surface area contributed by atoms with Gasteiger partial charge in [-0.3, -0.25) is 9.69 Å². The molecule has 0 N–H and O–H groups in total. The summed E-state index contributed by atoms with van der Waals surface area (Å²) in [7, 11) is 0. The predicted octanol–water partition coefficient (Wildman–Crippen LogP) is 5.56. The molecule has 0 saturated carbocycles. The molecular formula is C22H26ClN3OS. The SMILES string of the molecule is CCN(CC)CCN(C(=O)c1cccc(Cl)c1)c1nc2c(C)cc(C)cc2s1. The molecule has 3 aromatic rings. The number of anilines is 1. The van der Waals surface area contributed by atoms with Crippen LogP contribution in [0.2, 0.25) is 5.02 Å². The highest BCUT2D eigenvalue weighted by Crippen LogP contribution is 2.32. The van der Waals surface area contributed by atoms with Crippen LogP contribution in [0.4, 0.5) is 5.13 Å². The second-order valence-corrected chi connectivity index (χ2v) is 8.36. The van der Waals surface area contributed by atoms with Crippen molar-refractivity contribution in [1.82, 2.24) is 9.88 Å². The highest BCUT2D eigenvalue weighted by molar-refractivity contribution is 7.22. The lowest BCUT2D eigenvalue weighted by Gasteiger charge is -2.24. The van der Waals surface area contributed by atoms with E-state index in [9.17, 15) is 4.79 Å². The molecule has 0 spiro atoms. The molecule has 0 unspecified atom stereocenters. The lowest BCUT2D eigenvalue weighted by atomic mass is 10.1. The van der Waals surface area contributed by atoms with Crippen LogP contribution in [-0.2, 0) is 0 Å². The van der Waals surface area contributed by atoms with Gasteiger partial charge in [0.15, 0.2) is 5.13 Å². The summed E-state index contributed by atoms with van der Waals surface area (Å²) < 4.78 is 1.11. The minimum absolute atomic E-state index is 0.0666. The second-order valence-electron chi connectivity index (χ2n) is 6.92. The molecule has 1 aromatic heterocycles. The molecule has 2 aromatic carbocycles. The number of aromatic nitrogens is 1. The van der Waals surface area contributed by atoms with Crippen molar-refractivity contribution in [2.24, 2.45) is 0 Å². The van der Waals surface area contributed by atoms with E-state index < -0.39 is 0 Å². The minimum Gasteiger partial charge on any atom is -0.302 e. The quantitative estimate of drug-likeness (QED) is 0.507. The Bertz CT molecular complexity index is 981. The van der Waals surface area contributed by atoms with Crippen LogP contribution in [0, 0.1) is 13.8 Å². The largest absolute Gasteiger partial charge is 0.302 e. The van der Waals surface area contributed by atoms with Gasteiger partial charge >= 0.3 is 0 Å². The van der Waals surface area contributed by atoms with E-state index in [0.29, 0.717) is 17.1 Å². The van der Waals surface area contributed by atoms with E-state index in [1.807, 2.05) is 6.07 Å². The summed E-state index contributed by atoms with van der Waals surface area (Å²) in [5.41, 5.74) is 3.89. The van der Waals surface area contributed by atoms with Gasteiger partial charge in [0.25, 0.3) is 5.91 Å². The molecule has 28 heavy (non-hydrogen) atoms. The average molecular weight is 416 g/mol. The van der Waals surface area contributed by atoms with Crippen molar-refractivity contribution in [3.05, 3.63) is 58.1 Å². The number of amides is 1. The molecule has 0 saturated heterocycles. The molecule has 0 atom stereocenters. The van der Waals surface area contributed by atoms with Crippen molar-refractivity contribution in [2.75, 3.05) is 31.1 Å². The third-order valence-corrected chi connectivity index (χ3v) is 6.16. The number of fused-ring (bicyclic) bond motifs is 1. The van der Waals surface area contributed by atoms with Crippen LogP contribution >= 0.6 is 22.9 Å². The van der Waals surface area contributed by atoms with Gasteiger partial charge in [-0.1, -0.05) is 48.9 Å². The maximum Gasteiger partial charge on any atom is 0.260 e. The summed E-state index contributed by atoms with van der Waals surface area (Å²) in [6, 6.07) is 11.4. The molecular weight excluding hydrogens is 390 g/mol. The molecule has 0 bridgehead atoms. The predicted molar refractivity (Wildman–Crippen MR) is 120 cm³/mol. The Labute approximate surface area is 175 Å². The Morgan fingerprint density at radius 2 is 1.86 bits per heavy atom. The Kier molecular flexibility index (Phi) is 6.70. The van der Waals surface area contributed by atoms with E-state index in [0.717, 1.165) is 40.5 Å². The number of thiazole rings is 1. The number of halogens is 1. The number of aryl methyl sites for hydroxylation is 2. The lowest BCUT2D eigenvalue weighted by molar-refractivity contribution is 0.0984. The van der Waals surface area contributed by atoms with Gasteiger partial charge in [0.2, 0.25) is 0 Å². The van der Waals surface area contributed by atoms with Crippen molar-refractivity contribution in [1.29, 1.82) is 0 Å². The first-order chi connectivity index (χ1) is 13.4. The van der Waals surface area contributed by atoms with E-state index in [-0.39, 0.29) is 5.91 Å². The summed E-state index contributed by atoms with van der Waals surface area (Å²) in [6.45, 7) is 11.7. The normalized spacial score (nSPS) is 11.4. The number of carbonyl (C=O) groups is 1. The topological polar surface area (TPSA) is 36.4 Å². The number of hydrogen-bond donors (Lipinski definition) is 0. The van der Waals surface area contributed by atoms with Crippen LogP contribution < -0.4 is 4.90 Å². The fourth-order valence-electron chi connectivity index (χ4n) is 3.32. The van der Waals surface area contributed by atoms with Crippen molar-refractivity contribution < 1.29 is 4.79 Å². The van der Waals surface area contributed by atoms with Gasteiger partial charge in [-0.2, -0.15) is 0 Å². The first-order valence-corrected chi connectivity index (χ1v) is 10.8. The monoisotopic (exact) mass is 415 g/mol. The van der Waals surface area contributed by atoms with E-state index in [1.54, 1.807) is 34.4 Å². The standard InChI is InChI=1S/C22H26ClN3OS/c1-5-25(6-2)10-11-26(21(27)17-8-7-9-18(23)14-17)22-24-20-16(4)12-15(3)13-19(20)28-22/h7-9,12-14H,5-6,10-11H2,1-4H3. The van der Waals surface area contributed by atoms with Crippen molar-refractivity contribution in [3.8, 4) is 0 Å².